The number of nitrogens with zero attached hydrogens (tertiary/aromatic N) is 2. The van der Waals surface area contributed by atoms with E-state index in [4.69, 9.17) is 5.26 Å². The number of benzene rings is 1. The van der Waals surface area contributed by atoms with E-state index >= 15 is 0 Å². The van der Waals surface area contributed by atoms with E-state index in [9.17, 15) is 13.6 Å². The molecule has 2 aromatic rings. The van der Waals surface area contributed by atoms with Crippen LogP contribution in [-0.4, -0.2) is 10.8 Å². The molecule has 0 aliphatic heterocycles. The molecule has 0 aliphatic rings. The Morgan fingerprint density at radius 2 is 2.00 bits per heavy atom. The number of hydrogen-bond donors (Lipinski definition) is 0. The molecule has 2 rings (SSSR count). The fraction of sp³-hybridized carbons (Fsp3) is 0. The topological polar surface area (TPSA) is 53.8 Å². The summed E-state index contributed by atoms with van der Waals surface area (Å²) in [6.07, 6.45) is 0. The Kier molecular flexibility index (Phi) is 3.11. The van der Waals surface area contributed by atoms with Gasteiger partial charge in [0.15, 0.2) is 0 Å². The molecule has 0 saturated heterocycles. The lowest BCUT2D eigenvalue weighted by Gasteiger charge is -2.02. The van der Waals surface area contributed by atoms with Gasteiger partial charge in [0.2, 0.25) is 11.7 Å². The molecule has 0 unspecified atom stereocenters. The third kappa shape index (κ3) is 2.23. The summed E-state index contributed by atoms with van der Waals surface area (Å²) in [6, 6.07) is 8.91. The standard InChI is InChI=1S/C13H6F2N2O/c14-10-6-8(7-16)4-5-9(10)13(18)11-2-1-3-12(15)17-11/h1-6H. The highest BCUT2D eigenvalue weighted by atomic mass is 19.1. The number of aromatic nitrogens is 1. The molecule has 1 aromatic heterocycles. The zero-order valence-electron chi connectivity index (χ0n) is 9.02. The van der Waals surface area contributed by atoms with Gasteiger partial charge in [-0.3, -0.25) is 4.79 Å². The maximum atomic E-state index is 13.6. The van der Waals surface area contributed by atoms with Gasteiger partial charge in [-0.1, -0.05) is 6.07 Å². The van der Waals surface area contributed by atoms with Gasteiger partial charge < -0.3 is 0 Å². The molecule has 0 aliphatic carbocycles. The molecule has 0 bridgehead atoms. The molecule has 0 saturated carbocycles. The van der Waals surface area contributed by atoms with E-state index in [0.29, 0.717) is 0 Å². The minimum absolute atomic E-state index is 0.108. The number of carbonyl (C=O) groups excluding carboxylic acids is 1. The van der Waals surface area contributed by atoms with Gasteiger partial charge >= 0.3 is 0 Å². The van der Waals surface area contributed by atoms with E-state index < -0.39 is 17.5 Å². The highest BCUT2D eigenvalue weighted by molar-refractivity contribution is 6.07. The van der Waals surface area contributed by atoms with Crippen LogP contribution in [0.1, 0.15) is 21.6 Å². The van der Waals surface area contributed by atoms with Crippen LogP contribution in [0, 0.1) is 23.1 Å². The zero-order valence-corrected chi connectivity index (χ0v) is 9.02. The smallest absolute Gasteiger partial charge is 0.214 e. The molecule has 0 fully saturated rings. The third-order valence-electron chi connectivity index (χ3n) is 2.29. The normalized spacial score (nSPS) is 9.83. The van der Waals surface area contributed by atoms with Gasteiger partial charge in [-0.15, -0.1) is 0 Å². The van der Waals surface area contributed by atoms with Crippen molar-refractivity contribution < 1.29 is 13.6 Å². The van der Waals surface area contributed by atoms with E-state index in [1.165, 1.54) is 24.3 Å². The Balaban J connectivity index is 2.44. The van der Waals surface area contributed by atoms with Crippen LogP contribution in [0.4, 0.5) is 8.78 Å². The first kappa shape index (κ1) is 11.9. The number of halogens is 2. The van der Waals surface area contributed by atoms with Crippen LogP contribution in [-0.2, 0) is 0 Å². The highest BCUT2D eigenvalue weighted by Gasteiger charge is 2.16. The van der Waals surface area contributed by atoms with Crippen LogP contribution in [0.3, 0.4) is 0 Å². The van der Waals surface area contributed by atoms with E-state index in [1.807, 2.05) is 0 Å². The average molecular weight is 244 g/mol. The first-order valence-electron chi connectivity index (χ1n) is 4.98. The Hall–Kier alpha value is -2.61. The molecule has 1 aromatic carbocycles. The van der Waals surface area contributed by atoms with Crippen molar-refractivity contribution in [2.45, 2.75) is 0 Å². The third-order valence-corrected chi connectivity index (χ3v) is 2.29. The maximum absolute atomic E-state index is 13.6. The fourth-order valence-electron chi connectivity index (χ4n) is 1.44. The van der Waals surface area contributed by atoms with Gasteiger partial charge in [-0.25, -0.2) is 9.37 Å². The summed E-state index contributed by atoms with van der Waals surface area (Å²) in [5.41, 5.74) is -0.318. The molecule has 0 spiro atoms. The molecule has 0 atom stereocenters. The molecule has 88 valence electrons. The quantitative estimate of drug-likeness (QED) is 0.602. The molecule has 5 heteroatoms. The summed E-state index contributed by atoms with van der Waals surface area (Å²) in [4.78, 5) is 15.3. The van der Waals surface area contributed by atoms with Gasteiger partial charge in [0.05, 0.1) is 17.2 Å². The van der Waals surface area contributed by atoms with E-state index in [1.54, 1.807) is 6.07 Å². The number of nitriles is 1. The summed E-state index contributed by atoms with van der Waals surface area (Å²) in [6.45, 7) is 0. The van der Waals surface area contributed by atoms with Gasteiger partial charge in [0, 0.05) is 0 Å². The Bertz CT molecular complexity index is 662. The lowest BCUT2D eigenvalue weighted by atomic mass is 10.1. The number of rotatable bonds is 2. The summed E-state index contributed by atoms with van der Waals surface area (Å²) >= 11 is 0. The summed E-state index contributed by atoms with van der Waals surface area (Å²) in [5, 5.41) is 8.58. The monoisotopic (exact) mass is 244 g/mol. The van der Waals surface area contributed by atoms with Crippen molar-refractivity contribution in [1.82, 2.24) is 4.98 Å². The average Bonchev–Trinajstić information content (AvgIpc) is 2.37. The van der Waals surface area contributed by atoms with Crippen molar-refractivity contribution in [1.29, 1.82) is 5.26 Å². The molecule has 3 nitrogen and oxygen atoms in total. The Labute approximate surface area is 101 Å². The molecule has 0 amide bonds. The van der Waals surface area contributed by atoms with Crippen LogP contribution >= 0.6 is 0 Å². The first-order valence-corrected chi connectivity index (χ1v) is 4.98. The van der Waals surface area contributed by atoms with Gasteiger partial charge in [-0.05, 0) is 30.3 Å². The molecule has 18 heavy (non-hydrogen) atoms. The maximum Gasteiger partial charge on any atom is 0.214 e. The van der Waals surface area contributed by atoms with Crippen molar-refractivity contribution in [3.63, 3.8) is 0 Å². The second-order valence-corrected chi connectivity index (χ2v) is 3.48. The molecule has 1 heterocycles. The summed E-state index contributed by atoms with van der Waals surface area (Å²) in [7, 11) is 0. The van der Waals surface area contributed by atoms with Gasteiger partial charge in [0.1, 0.15) is 11.5 Å². The van der Waals surface area contributed by atoms with Crippen LogP contribution in [0.2, 0.25) is 0 Å². The van der Waals surface area contributed by atoms with Crippen molar-refractivity contribution in [3.8, 4) is 6.07 Å². The number of ketones is 1. The van der Waals surface area contributed by atoms with Crippen LogP contribution < -0.4 is 0 Å². The molecule has 0 radical (unpaired) electrons. The summed E-state index contributed by atoms with van der Waals surface area (Å²) in [5.74, 6) is -2.36. The Morgan fingerprint density at radius 3 is 2.61 bits per heavy atom. The minimum Gasteiger partial charge on any atom is -0.287 e. The highest BCUT2D eigenvalue weighted by Crippen LogP contribution is 2.14. The SMILES string of the molecule is N#Cc1ccc(C(=O)c2cccc(F)n2)c(F)c1. The molecular formula is C13H6F2N2O. The van der Waals surface area contributed by atoms with Crippen molar-refractivity contribution >= 4 is 5.78 Å². The van der Waals surface area contributed by atoms with Crippen LogP contribution in [0.15, 0.2) is 36.4 Å². The Morgan fingerprint density at radius 1 is 1.22 bits per heavy atom. The van der Waals surface area contributed by atoms with Gasteiger partial charge in [0.25, 0.3) is 0 Å². The molecular weight excluding hydrogens is 238 g/mol. The number of pyridine rings is 1. The minimum atomic E-state index is -0.829. The van der Waals surface area contributed by atoms with Crippen LogP contribution in [0.25, 0.3) is 0 Å². The van der Waals surface area contributed by atoms with Crippen molar-refractivity contribution in [3.05, 3.63) is 65.0 Å². The van der Waals surface area contributed by atoms with Gasteiger partial charge in [-0.2, -0.15) is 9.65 Å². The first-order chi connectivity index (χ1) is 8.61. The van der Waals surface area contributed by atoms with Crippen LogP contribution in [0.5, 0.6) is 0 Å². The van der Waals surface area contributed by atoms with E-state index in [2.05, 4.69) is 4.98 Å². The van der Waals surface area contributed by atoms with Crippen molar-refractivity contribution in [2.24, 2.45) is 0 Å². The molecule has 0 N–H and O–H groups in total. The largest absolute Gasteiger partial charge is 0.287 e. The second-order valence-electron chi connectivity index (χ2n) is 3.48. The predicted molar refractivity (Wildman–Crippen MR) is 58.7 cm³/mol. The fourth-order valence-corrected chi connectivity index (χ4v) is 1.44. The van der Waals surface area contributed by atoms with Crippen molar-refractivity contribution in [2.75, 3.05) is 0 Å². The second kappa shape index (κ2) is 4.72. The lowest BCUT2D eigenvalue weighted by molar-refractivity contribution is 0.102. The lowest BCUT2D eigenvalue weighted by Crippen LogP contribution is -2.07. The number of carbonyl (C=O) groups is 1. The predicted octanol–water partition coefficient (Wildman–Crippen LogP) is 2.46. The zero-order chi connectivity index (χ0) is 13.1. The van der Waals surface area contributed by atoms with E-state index in [0.717, 1.165) is 12.1 Å². The van der Waals surface area contributed by atoms with E-state index in [-0.39, 0.29) is 16.8 Å². The summed E-state index contributed by atoms with van der Waals surface area (Å²) < 4.78 is 26.4. The number of hydrogen-bond acceptors (Lipinski definition) is 3.